The van der Waals surface area contributed by atoms with Gasteiger partial charge in [0.15, 0.2) is 0 Å². The molecule has 5 aliphatic rings. The van der Waals surface area contributed by atoms with E-state index in [1.54, 1.807) is 17.4 Å². The van der Waals surface area contributed by atoms with E-state index < -0.39 is 0 Å². The maximum atomic E-state index is 12.6. The zero-order valence-electron chi connectivity index (χ0n) is 28.0. The molecule has 9 nitrogen and oxygen atoms in total. The highest BCUT2D eigenvalue weighted by Gasteiger charge is 2.36. The number of rotatable bonds is 7. The summed E-state index contributed by atoms with van der Waals surface area (Å²) in [4.78, 5) is 30.4. The smallest absolute Gasteiger partial charge is 0.309 e. The molecule has 0 spiro atoms. The first-order valence-corrected chi connectivity index (χ1v) is 18.7. The fourth-order valence-electron chi connectivity index (χ4n) is 7.27. The van der Waals surface area contributed by atoms with Crippen LogP contribution in [0.3, 0.4) is 0 Å². The Labute approximate surface area is 293 Å². The Morgan fingerprint density at radius 3 is 2.80 bits per heavy atom. The molecule has 49 heavy (non-hydrogen) atoms. The highest BCUT2D eigenvalue weighted by atomic mass is 32.1. The number of aliphatic imine (C=N–C) groups is 1. The lowest BCUT2D eigenvalue weighted by molar-refractivity contribution is -0.150. The van der Waals surface area contributed by atoms with Crippen molar-refractivity contribution in [1.29, 1.82) is 5.26 Å². The minimum absolute atomic E-state index is 0.00246. The largest absolute Gasteiger partial charge is 0.465 e. The average Bonchev–Trinajstić information content (AvgIpc) is 3.92. The zero-order valence-corrected chi connectivity index (χ0v) is 28.8. The normalized spacial score (nSPS) is 20.4. The maximum Gasteiger partial charge on any atom is 0.309 e. The van der Waals surface area contributed by atoms with Crippen LogP contribution in [0.1, 0.15) is 67.5 Å². The molecule has 8 rings (SSSR count). The topological polar surface area (TPSA) is 110 Å². The quantitative estimate of drug-likeness (QED) is 0.269. The van der Waals surface area contributed by atoms with Crippen LogP contribution in [0.2, 0.25) is 0 Å². The number of H-pyrrole nitrogens is 1. The Morgan fingerprint density at radius 2 is 2.00 bits per heavy atom. The molecule has 0 bridgehead atoms. The molecule has 2 saturated heterocycles. The number of fused-ring (bicyclic) bond motifs is 2. The summed E-state index contributed by atoms with van der Waals surface area (Å²) >= 11 is 1.74. The predicted molar refractivity (Wildman–Crippen MR) is 194 cm³/mol. The van der Waals surface area contributed by atoms with E-state index in [1.165, 1.54) is 29.8 Å². The number of allylic oxidation sites excluding steroid dienone is 3. The number of benzene rings is 1. The zero-order chi connectivity index (χ0) is 33.4. The van der Waals surface area contributed by atoms with E-state index in [9.17, 15) is 4.79 Å². The number of ether oxygens (including phenoxy) is 1. The van der Waals surface area contributed by atoms with Crippen LogP contribution < -0.4 is 5.32 Å². The highest BCUT2D eigenvalue weighted by molar-refractivity contribution is 7.07. The van der Waals surface area contributed by atoms with Crippen LogP contribution in [0.15, 0.2) is 76.1 Å². The molecular formula is C39H45N7O2S. The third-order valence-corrected chi connectivity index (χ3v) is 10.8. The second-order valence-electron chi connectivity index (χ2n) is 13.4. The van der Waals surface area contributed by atoms with Gasteiger partial charge in [0, 0.05) is 30.0 Å². The molecule has 3 aliphatic heterocycles. The van der Waals surface area contributed by atoms with E-state index in [0.717, 1.165) is 94.3 Å². The number of carbonyl (C=O) groups is 1. The van der Waals surface area contributed by atoms with Crippen molar-refractivity contribution in [2.45, 2.75) is 64.0 Å². The van der Waals surface area contributed by atoms with Crippen LogP contribution in [0.25, 0.3) is 17.5 Å². The van der Waals surface area contributed by atoms with Gasteiger partial charge in [0.25, 0.3) is 0 Å². The molecule has 1 aromatic carbocycles. The van der Waals surface area contributed by atoms with Gasteiger partial charge >= 0.3 is 5.97 Å². The summed E-state index contributed by atoms with van der Waals surface area (Å²) in [5.74, 6) is 2.65. The fraction of sp³-hybridized carbons (Fsp3) is 0.436. The standard InChI is InChI=1S/C25H34N4O2S.C14H11N3/c30-24(31-15-9-19-5-11-26-12-6-19)21-7-13-28(14-8-21)25-27-22-3-1-2-4-23(22)29(25)17-20-10-16-32-18-20;15-9-10-4-3-5-11(8-10)14-16-12-6-1-2-7-13(12)17-14/h1-2,4,10,16,18-19,21-22,26H,3,5-9,11-15,17H2;1,3-6,8H,2,7H2,(H,16,17). The van der Waals surface area contributed by atoms with E-state index in [0.29, 0.717) is 18.1 Å². The van der Waals surface area contributed by atoms with Gasteiger partial charge in [-0.1, -0.05) is 30.4 Å². The molecule has 2 aliphatic carbocycles. The number of guanidine groups is 1. The molecule has 3 aromatic rings. The van der Waals surface area contributed by atoms with E-state index in [2.05, 4.69) is 72.3 Å². The molecule has 0 radical (unpaired) electrons. The lowest BCUT2D eigenvalue weighted by Gasteiger charge is -2.36. The number of carbonyl (C=O) groups excluding carboxylic acids is 1. The molecule has 0 saturated carbocycles. The molecule has 5 heterocycles. The molecule has 10 heteroatoms. The van der Waals surface area contributed by atoms with Crippen molar-refractivity contribution in [3.63, 3.8) is 0 Å². The van der Waals surface area contributed by atoms with Gasteiger partial charge in [-0.25, -0.2) is 9.98 Å². The monoisotopic (exact) mass is 675 g/mol. The Bertz CT molecular complexity index is 1750. The van der Waals surface area contributed by atoms with Crippen molar-refractivity contribution in [3.8, 4) is 17.5 Å². The molecule has 254 valence electrons. The van der Waals surface area contributed by atoms with Gasteiger partial charge < -0.3 is 24.8 Å². The third kappa shape index (κ3) is 8.06. The van der Waals surface area contributed by atoms with Crippen molar-refractivity contribution in [2.24, 2.45) is 16.8 Å². The lowest BCUT2D eigenvalue weighted by Crippen LogP contribution is -2.46. The summed E-state index contributed by atoms with van der Waals surface area (Å²) in [6, 6.07) is 12.1. The molecule has 1 atom stereocenters. The summed E-state index contributed by atoms with van der Waals surface area (Å²) in [5, 5.41) is 16.6. The van der Waals surface area contributed by atoms with Crippen LogP contribution in [-0.4, -0.2) is 70.5 Å². The molecule has 2 fully saturated rings. The number of piperidine rings is 2. The molecule has 2 N–H and O–H groups in total. The number of hydrogen-bond acceptors (Lipinski definition) is 9. The minimum Gasteiger partial charge on any atom is -0.465 e. The first kappa shape index (κ1) is 33.1. The number of nitrogens with zero attached hydrogens (tertiary/aromatic N) is 5. The number of aromatic nitrogens is 2. The summed E-state index contributed by atoms with van der Waals surface area (Å²) in [7, 11) is 0. The Balaban J connectivity index is 0.000000186. The first-order chi connectivity index (χ1) is 24.1. The van der Waals surface area contributed by atoms with Crippen molar-refractivity contribution in [3.05, 3.63) is 93.6 Å². The van der Waals surface area contributed by atoms with Crippen molar-refractivity contribution < 1.29 is 9.53 Å². The van der Waals surface area contributed by atoms with Gasteiger partial charge in [0.05, 0.1) is 42.4 Å². The summed E-state index contributed by atoms with van der Waals surface area (Å²) in [6.45, 7) is 5.35. The van der Waals surface area contributed by atoms with Gasteiger partial charge in [-0.15, -0.1) is 0 Å². The number of nitrogens with one attached hydrogen (secondary N) is 2. The summed E-state index contributed by atoms with van der Waals surface area (Å²) < 4.78 is 5.68. The van der Waals surface area contributed by atoms with Gasteiger partial charge in [-0.3, -0.25) is 4.79 Å². The van der Waals surface area contributed by atoms with Crippen molar-refractivity contribution in [1.82, 2.24) is 25.1 Å². The number of imidazole rings is 1. The highest BCUT2D eigenvalue weighted by Crippen LogP contribution is 2.32. The van der Waals surface area contributed by atoms with Crippen LogP contribution >= 0.6 is 11.3 Å². The lowest BCUT2D eigenvalue weighted by atomic mass is 9.95. The number of nitriles is 1. The molecule has 1 unspecified atom stereocenters. The van der Waals surface area contributed by atoms with E-state index in [-0.39, 0.29) is 17.9 Å². The number of thiophene rings is 1. The SMILES string of the molecule is N#Cc1cccc(-c2nc3c([nH]2)CCC=C3)c1.O=C(OCCC1CCNCC1)C1CCN(C2=NC3CC=CC=C3N2Cc2ccsc2)CC1. The second-order valence-corrected chi connectivity index (χ2v) is 14.2. The van der Waals surface area contributed by atoms with Gasteiger partial charge in [-0.05, 0) is 117 Å². The van der Waals surface area contributed by atoms with Gasteiger partial charge in [-0.2, -0.15) is 16.6 Å². The molecular weight excluding hydrogens is 631 g/mol. The summed E-state index contributed by atoms with van der Waals surface area (Å²) in [5.41, 5.74) is 6.46. The first-order valence-electron chi connectivity index (χ1n) is 17.8. The van der Waals surface area contributed by atoms with Gasteiger partial charge in [0.2, 0.25) is 5.96 Å². The Hall–Kier alpha value is -4.46. The summed E-state index contributed by atoms with van der Waals surface area (Å²) in [6.07, 6.45) is 18.9. The van der Waals surface area contributed by atoms with Crippen molar-refractivity contribution in [2.75, 3.05) is 32.8 Å². The van der Waals surface area contributed by atoms with Crippen molar-refractivity contribution >= 4 is 29.3 Å². The average molecular weight is 676 g/mol. The third-order valence-electron chi connectivity index (χ3n) is 10.1. The number of likely N-dealkylation sites (tertiary alicyclic amines) is 1. The fourth-order valence-corrected chi connectivity index (χ4v) is 7.93. The number of aryl methyl sites for hydroxylation is 1. The van der Waals surface area contributed by atoms with Crippen LogP contribution in [0.5, 0.6) is 0 Å². The van der Waals surface area contributed by atoms with E-state index in [1.807, 2.05) is 24.3 Å². The van der Waals surface area contributed by atoms with Crippen LogP contribution in [-0.2, 0) is 22.5 Å². The molecule has 2 aromatic heterocycles. The maximum absolute atomic E-state index is 12.6. The number of hydrogen-bond donors (Lipinski definition) is 2. The number of esters is 1. The Kier molecular flexibility index (Phi) is 10.7. The number of aromatic amines is 1. The van der Waals surface area contributed by atoms with E-state index in [4.69, 9.17) is 15.0 Å². The van der Waals surface area contributed by atoms with Crippen LogP contribution in [0.4, 0.5) is 0 Å². The van der Waals surface area contributed by atoms with Gasteiger partial charge in [0.1, 0.15) is 5.82 Å². The predicted octanol–water partition coefficient (Wildman–Crippen LogP) is 6.68. The Morgan fingerprint density at radius 1 is 1.12 bits per heavy atom. The second kappa shape index (κ2) is 15.8. The minimum atomic E-state index is 0.00246. The van der Waals surface area contributed by atoms with E-state index >= 15 is 0 Å². The molecule has 0 amide bonds. The van der Waals surface area contributed by atoms with Crippen LogP contribution in [0, 0.1) is 23.2 Å².